The zero-order chi connectivity index (χ0) is 20.4. The first kappa shape index (κ1) is 20.2. The van der Waals surface area contributed by atoms with Crippen LogP contribution in [-0.2, 0) is 6.54 Å². The standard InChI is InChI=1S/C23H29N5P/c1-26-22(20-14-8-4-9-15-20)23(21-16-10-5-11-17-21)27(2)29(26,25)28(24)18-19-12-6-3-7-13-19/h3-17,22-23H,18,24-25H2,1-2H3/q+1/t22-,23-/m0/s1. The third-order valence-electron chi connectivity index (χ3n) is 5.88. The smallest absolute Gasteiger partial charge is 0.232 e. The zero-order valence-corrected chi connectivity index (χ0v) is 17.9. The zero-order valence-electron chi connectivity index (χ0n) is 17.0. The van der Waals surface area contributed by atoms with Crippen molar-refractivity contribution >= 4 is 7.87 Å². The van der Waals surface area contributed by atoms with Crippen LogP contribution in [0, 0.1) is 0 Å². The Labute approximate surface area is 174 Å². The molecule has 3 aromatic carbocycles. The number of hydrogen-bond donors (Lipinski definition) is 2. The molecule has 1 heterocycles. The van der Waals surface area contributed by atoms with Crippen LogP contribution in [-0.4, -0.2) is 28.2 Å². The average Bonchev–Trinajstić information content (AvgIpc) is 2.97. The van der Waals surface area contributed by atoms with Crippen LogP contribution in [0.1, 0.15) is 28.8 Å². The van der Waals surface area contributed by atoms with Crippen molar-refractivity contribution in [2.45, 2.75) is 18.6 Å². The van der Waals surface area contributed by atoms with Crippen molar-refractivity contribution in [3.05, 3.63) is 108 Å². The summed E-state index contributed by atoms with van der Waals surface area (Å²) in [4.78, 5) is 0. The van der Waals surface area contributed by atoms with Gasteiger partial charge in [-0.2, -0.15) is 5.50 Å². The van der Waals surface area contributed by atoms with Gasteiger partial charge in [-0.05, 0) is 16.7 Å². The Morgan fingerprint density at radius 3 is 1.52 bits per heavy atom. The number of nitrogens with two attached hydrogens (primary N) is 2. The maximum absolute atomic E-state index is 7.16. The Balaban J connectivity index is 1.75. The number of benzene rings is 3. The van der Waals surface area contributed by atoms with Gasteiger partial charge < -0.3 is 0 Å². The first-order valence-electron chi connectivity index (χ1n) is 9.84. The molecule has 0 aromatic heterocycles. The van der Waals surface area contributed by atoms with E-state index in [2.05, 4.69) is 96.2 Å². The van der Waals surface area contributed by atoms with Crippen molar-refractivity contribution in [1.29, 1.82) is 0 Å². The monoisotopic (exact) mass is 406 g/mol. The lowest BCUT2D eigenvalue weighted by Crippen LogP contribution is -2.44. The van der Waals surface area contributed by atoms with Gasteiger partial charge in [-0.15, -0.1) is 9.34 Å². The molecule has 0 unspecified atom stereocenters. The van der Waals surface area contributed by atoms with E-state index < -0.39 is 7.87 Å². The highest BCUT2D eigenvalue weighted by Crippen LogP contribution is 2.71. The molecule has 4 rings (SSSR count). The first-order chi connectivity index (χ1) is 14.0. The lowest BCUT2D eigenvalue weighted by atomic mass is 9.93. The summed E-state index contributed by atoms with van der Waals surface area (Å²) >= 11 is 0. The topological polar surface area (TPSA) is 61.8 Å². The number of nitrogens with zero attached hydrogens (tertiary/aromatic N) is 3. The highest BCUT2D eigenvalue weighted by Gasteiger charge is 2.64. The molecule has 0 aliphatic carbocycles. The van der Waals surface area contributed by atoms with Gasteiger partial charge in [0.15, 0.2) is 0 Å². The van der Waals surface area contributed by atoms with Crippen LogP contribution in [0.2, 0.25) is 0 Å². The normalized spacial score (nSPS) is 22.2. The summed E-state index contributed by atoms with van der Waals surface area (Å²) in [6.45, 7) is 0.600. The quantitative estimate of drug-likeness (QED) is 0.375. The lowest BCUT2D eigenvalue weighted by Gasteiger charge is -2.34. The van der Waals surface area contributed by atoms with Crippen molar-refractivity contribution in [2.75, 3.05) is 14.1 Å². The number of hydrogen-bond acceptors (Lipinski definition) is 5. The second-order valence-corrected chi connectivity index (χ2v) is 10.6. The summed E-state index contributed by atoms with van der Waals surface area (Å²) < 4.78 is 6.44. The van der Waals surface area contributed by atoms with E-state index in [4.69, 9.17) is 11.3 Å². The van der Waals surface area contributed by atoms with Crippen molar-refractivity contribution in [2.24, 2.45) is 11.3 Å². The second-order valence-electron chi connectivity index (χ2n) is 7.56. The van der Waals surface area contributed by atoms with Crippen LogP contribution in [0.4, 0.5) is 0 Å². The highest BCUT2D eigenvalue weighted by atomic mass is 31.2. The van der Waals surface area contributed by atoms with Gasteiger partial charge in [0.05, 0.1) is 18.6 Å². The highest BCUT2D eigenvalue weighted by molar-refractivity contribution is 7.66. The number of hydrazine groups is 1. The van der Waals surface area contributed by atoms with Gasteiger partial charge >= 0.3 is 7.87 Å². The van der Waals surface area contributed by atoms with Crippen LogP contribution < -0.4 is 11.3 Å². The van der Waals surface area contributed by atoms with Crippen molar-refractivity contribution in [1.82, 2.24) is 14.1 Å². The molecule has 5 nitrogen and oxygen atoms in total. The maximum atomic E-state index is 7.16. The van der Waals surface area contributed by atoms with E-state index in [-0.39, 0.29) is 12.1 Å². The molecule has 0 saturated carbocycles. The Morgan fingerprint density at radius 2 is 1.10 bits per heavy atom. The minimum Gasteiger partial charge on any atom is -0.232 e. The van der Waals surface area contributed by atoms with Gasteiger partial charge in [0.2, 0.25) is 0 Å². The fourth-order valence-electron chi connectivity index (χ4n) is 4.33. The van der Waals surface area contributed by atoms with E-state index in [0.29, 0.717) is 6.54 Å². The second kappa shape index (κ2) is 8.33. The molecule has 4 N–H and O–H groups in total. The fraction of sp³-hybridized carbons (Fsp3) is 0.217. The Hall–Kier alpha value is -2.11. The van der Waals surface area contributed by atoms with Crippen LogP contribution in [0.25, 0.3) is 0 Å². The van der Waals surface area contributed by atoms with Gasteiger partial charge in [0.25, 0.3) is 0 Å². The third-order valence-corrected chi connectivity index (χ3v) is 9.13. The largest absolute Gasteiger partial charge is 0.318 e. The molecule has 0 spiro atoms. The predicted molar refractivity (Wildman–Crippen MR) is 121 cm³/mol. The fourth-order valence-corrected chi connectivity index (χ4v) is 7.12. The molecule has 0 amide bonds. The van der Waals surface area contributed by atoms with E-state index in [1.54, 1.807) is 0 Å². The minimum absolute atomic E-state index is 0.115. The number of rotatable bonds is 5. The minimum atomic E-state index is -2.42. The van der Waals surface area contributed by atoms with Gasteiger partial charge in [0, 0.05) is 14.1 Å². The molecule has 1 saturated heterocycles. The molecular formula is C23H29N5P+. The van der Waals surface area contributed by atoms with Crippen LogP contribution >= 0.6 is 7.87 Å². The predicted octanol–water partition coefficient (Wildman–Crippen LogP) is 4.36. The molecule has 1 aliphatic rings. The van der Waals surface area contributed by atoms with E-state index in [9.17, 15) is 0 Å². The van der Waals surface area contributed by atoms with Gasteiger partial charge in [-0.25, -0.2) is 5.84 Å². The van der Waals surface area contributed by atoms with E-state index in [0.717, 1.165) is 5.56 Å². The molecular weight excluding hydrogens is 377 g/mol. The van der Waals surface area contributed by atoms with Crippen LogP contribution in [0.3, 0.4) is 0 Å². The summed E-state index contributed by atoms with van der Waals surface area (Å²) in [5, 5.41) is 0. The summed E-state index contributed by atoms with van der Waals surface area (Å²) in [6.07, 6.45) is 0. The van der Waals surface area contributed by atoms with Crippen LogP contribution in [0.15, 0.2) is 91.0 Å². The third kappa shape index (κ3) is 3.62. The Kier molecular flexibility index (Phi) is 5.79. The lowest BCUT2D eigenvalue weighted by molar-refractivity contribution is 0.316. The molecule has 29 heavy (non-hydrogen) atoms. The molecule has 2 atom stereocenters. The molecule has 1 fully saturated rings. The summed E-state index contributed by atoms with van der Waals surface area (Å²) in [6, 6.07) is 31.7. The van der Waals surface area contributed by atoms with Crippen molar-refractivity contribution in [3.63, 3.8) is 0 Å². The molecule has 0 radical (unpaired) electrons. The van der Waals surface area contributed by atoms with Crippen LogP contribution in [0.5, 0.6) is 0 Å². The summed E-state index contributed by atoms with van der Waals surface area (Å²) in [5.41, 5.74) is 10.8. The molecule has 150 valence electrons. The van der Waals surface area contributed by atoms with E-state index in [1.807, 2.05) is 23.0 Å². The maximum Gasteiger partial charge on any atom is 0.318 e. The SMILES string of the molecule is CN1[C@@H](c2ccccc2)[C@H](c2ccccc2)N(C)[P+]1(N)N(N)Cc1ccccc1. The molecule has 1 aliphatic heterocycles. The van der Waals surface area contributed by atoms with Gasteiger partial charge in [-0.1, -0.05) is 95.8 Å². The number of likely N-dealkylation sites (N-methyl/N-ethyl adjacent to an activating group) is 2. The van der Waals surface area contributed by atoms with E-state index >= 15 is 0 Å². The summed E-state index contributed by atoms with van der Waals surface area (Å²) in [5.74, 6) is 6.68. The first-order valence-corrected chi connectivity index (χ1v) is 11.6. The average molecular weight is 406 g/mol. The molecule has 3 aromatic rings. The molecule has 0 bridgehead atoms. The van der Waals surface area contributed by atoms with Crippen molar-refractivity contribution in [3.8, 4) is 0 Å². The summed E-state index contributed by atoms with van der Waals surface area (Å²) in [7, 11) is 1.79. The Morgan fingerprint density at radius 1 is 0.724 bits per heavy atom. The van der Waals surface area contributed by atoms with Gasteiger partial charge in [0.1, 0.15) is 0 Å². The van der Waals surface area contributed by atoms with Gasteiger partial charge in [-0.3, -0.25) is 0 Å². The van der Waals surface area contributed by atoms with E-state index in [1.165, 1.54) is 11.1 Å². The Bertz CT molecular complexity index is 870. The molecule has 6 heteroatoms. The van der Waals surface area contributed by atoms with Crippen molar-refractivity contribution < 1.29 is 0 Å².